The molecule has 7 heavy (non-hydrogen) atoms. The first-order valence-corrected chi connectivity index (χ1v) is 2.39. The molecule has 0 aliphatic heterocycles. The first-order valence-electron chi connectivity index (χ1n) is 2.39. The lowest BCUT2D eigenvalue weighted by atomic mass is 10.1. The van der Waals surface area contributed by atoms with Gasteiger partial charge in [-0.15, -0.1) is 0 Å². The van der Waals surface area contributed by atoms with Crippen molar-refractivity contribution in [2.24, 2.45) is 5.92 Å². The van der Waals surface area contributed by atoms with E-state index in [1.54, 1.807) is 6.92 Å². The van der Waals surface area contributed by atoms with Gasteiger partial charge in [0, 0.05) is 5.97 Å². The zero-order valence-corrected chi connectivity index (χ0v) is 4.60. The molecule has 0 aliphatic rings. The van der Waals surface area contributed by atoms with E-state index in [1.165, 1.54) is 0 Å². The average molecular weight is 101 g/mol. The van der Waals surface area contributed by atoms with Crippen molar-refractivity contribution in [1.82, 2.24) is 0 Å². The third-order valence-corrected chi connectivity index (χ3v) is 1.01. The van der Waals surface area contributed by atoms with Crippen LogP contribution in [0.4, 0.5) is 0 Å². The first-order chi connectivity index (χ1) is 3.18. The summed E-state index contributed by atoms with van der Waals surface area (Å²) in [7, 11) is 0. The molecule has 2 heteroatoms. The van der Waals surface area contributed by atoms with Crippen molar-refractivity contribution in [3.05, 3.63) is 0 Å². The molecule has 0 unspecified atom stereocenters. The van der Waals surface area contributed by atoms with Crippen molar-refractivity contribution >= 4 is 5.97 Å². The molecule has 0 amide bonds. The molecular formula is C5H9O2-. The van der Waals surface area contributed by atoms with Gasteiger partial charge in [0.1, 0.15) is 0 Å². The van der Waals surface area contributed by atoms with Gasteiger partial charge in [-0.2, -0.15) is 0 Å². The average Bonchev–Trinajstić information content (AvgIpc) is 1.65. The summed E-state index contributed by atoms with van der Waals surface area (Å²) >= 11 is 0. The molecule has 0 N–H and O–H groups in total. The SMILES string of the molecule is CC[C@H](C)C(=O)[O-]. The molecule has 0 aliphatic carbocycles. The van der Waals surface area contributed by atoms with E-state index < -0.39 is 5.97 Å². The van der Waals surface area contributed by atoms with Crippen molar-refractivity contribution in [1.29, 1.82) is 0 Å². The van der Waals surface area contributed by atoms with Gasteiger partial charge in [-0.05, 0) is 12.3 Å². The largest absolute Gasteiger partial charge is 0.550 e. The van der Waals surface area contributed by atoms with Crippen molar-refractivity contribution in [3.63, 3.8) is 0 Å². The molecular weight excluding hydrogens is 92.1 g/mol. The zero-order chi connectivity index (χ0) is 5.86. The van der Waals surface area contributed by atoms with Gasteiger partial charge in [0.2, 0.25) is 0 Å². The fourth-order valence-electron chi connectivity index (χ4n) is 0.167. The Morgan fingerprint density at radius 3 is 2.29 bits per heavy atom. The van der Waals surface area contributed by atoms with Crippen LogP contribution in [0.3, 0.4) is 0 Å². The summed E-state index contributed by atoms with van der Waals surface area (Å²) < 4.78 is 0. The summed E-state index contributed by atoms with van der Waals surface area (Å²) in [5, 5.41) is 9.82. The molecule has 1 atom stereocenters. The van der Waals surface area contributed by atoms with Gasteiger partial charge in [0.05, 0.1) is 0 Å². The highest BCUT2D eigenvalue weighted by Crippen LogP contribution is 1.95. The maximum absolute atomic E-state index is 9.82. The molecule has 2 nitrogen and oxygen atoms in total. The molecule has 0 fully saturated rings. The molecule has 0 heterocycles. The van der Waals surface area contributed by atoms with E-state index in [0.29, 0.717) is 6.42 Å². The lowest BCUT2D eigenvalue weighted by Gasteiger charge is -2.06. The number of carboxylic acid groups (broad SMARTS) is 1. The molecule has 0 aromatic heterocycles. The number of hydrogen-bond acceptors (Lipinski definition) is 2. The Morgan fingerprint density at radius 1 is 1.86 bits per heavy atom. The van der Waals surface area contributed by atoms with Gasteiger partial charge < -0.3 is 9.90 Å². The van der Waals surface area contributed by atoms with Crippen molar-refractivity contribution < 1.29 is 9.90 Å². The van der Waals surface area contributed by atoms with Crippen LogP contribution in [-0.2, 0) is 4.79 Å². The highest BCUT2D eigenvalue weighted by atomic mass is 16.4. The number of carbonyl (C=O) groups is 1. The molecule has 0 radical (unpaired) electrons. The highest BCUT2D eigenvalue weighted by molar-refractivity contribution is 5.66. The Bertz CT molecular complexity index is 68.5. The van der Waals surface area contributed by atoms with E-state index in [-0.39, 0.29) is 5.92 Å². The Labute approximate surface area is 43.2 Å². The minimum Gasteiger partial charge on any atom is -0.550 e. The maximum atomic E-state index is 9.82. The summed E-state index contributed by atoms with van der Waals surface area (Å²) in [6.45, 7) is 3.45. The Hall–Kier alpha value is -0.530. The third kappa shape index (κ3) is 2.20. The van der Waals surface area contributed by atoms with Crippen LogP contribution in [-0.4, -0.2) is 5.97 Å². The van der Waals surface area contributed by atoms with Crippen LogP contribution in [0.2, 0.25) is 0 Å². The molecule has 0 saturated carbocycles. The Kier molecular flexibility index (Phi) is 2.41. The predicted molar refractivity (Wildman–Crippen MR) is 24.5 cm³/mol. The second-order valence-electron chi connectivity index (χ2n) is 1.63. The second kappa shape index (κ2) is 2.61. The molecule has 0 aromatic rings. The number of carbonyl (C=O) groups excluding carboxylic acids is 1. The lowest BCUT2D eigenvalue weighted by molar-refractivity contribution is -0.311. The number of aliphatic carboxylic acids is 1. The Morgan fingerprint density at radius 2 is 2.29 bits per heavy atom. The van der Waals surface area contributed by atoms with Gasteiger partial charge in [-0.3, -0.25) is 0 Å². The van der Waals surface area contributed by atoms with E-state index >= 15 is 0 Å². The van der Waals surface area contributed by atoms with E-state index in [1.807, 2.05) is 6.92 Å². The van der Waals surface area contributed by atoms with E-state index in [4.69, 9.17) is 0 Å². The van der Waals surface area contributed by atoms with Crippen LogP contribution in [0.1, 0.15) is 20.3 Å². The number of hydrogen-bond donors (Lipinski definition) is 0. The van der Waals surface area contributed by atoms with Crippen LogP contribution in [0.5, 0.6) is 0 Å². The summed E-state index contributed by atoms with van der Waals surface area (Å²) in [6.07, 6.45) is 0.655. The summed E-state index contributed by atoms with van der Waals surface area (Å²) in [6, 6.07) is 0. The second-order valence-corrected chi connectivity index (χ2v) is 1.63. The quantitative estimate of drug-likeness (QED) is 0.482. The van der Waals surface area contributed by atoms with Crippen molar-refractivity contribution in [2.75, 3.05) is 0 Å². The van der Waals surface area contributed by atoms with Crippen LogP contribution in [0, 0.1) is 5.92 Å². The summed E-state index contributed by atoms with van der Waals surface area (Å²) in [5.41, 5.74) is 0. The third-order valence-electron chi connectivity index (χ3n) is 1.01. The topological polar surface area (TPSA) is 40.1 Å². The van der Waals surface area contributed by atoms with Crippen molar-refractivity contribution in [3.8, 4) is 0 Å². The van der Waals surface area contributed by atoms with E-state index in [2.05, 4.69) is 0 Å². The normalized spacial score (nSPS) is 13.4. The van der Waals surface area contributed by atoms with Gasteiger partial charge in [0.25, 0.3) is 0 Å². The van der Waals surface area contributed by atoms with Gasteiger partial charge in [-0.25, -0.2) is 0 Å². The van der Waals surface area contributed by atoms with Crippen LogP contribution < -0.4 is 5.11 Å². The lowest BCUT2D eigenvalue weighted by Crippen LogP contribution is -2.28. The van der Waals surface area contributed by atoms with Crippen LogP contribution in [0.15, 0.2) is 0 Å². The minimum absolute atomic E-state index is 0.292. The fraction of sp³-hybridized carbons (Fsp3) is 0.800. The number of rotatable bonds is 2. The predicted octanol–water partition coefficient (Wildman–Crippen LogP) is -0.218. The monoisotopic (exact) mass is 101 g/mol. The summed E-state index contributed by atoms with van der Waals surface area (Å²) in [5.74, 6) is -1.25. The number of carboxylic acids is 1. The van der Waals surface area contributed by atoms with Gasteiger partial charge in [-0.1, -0.05) is 13.8 Å². The molecule has 0 bridgehead atoms. The van der Waals surface area contributed by atoms with E-state index in [9.17, 15) is 9.90 Å². The maximum Gasteiger partial charge on any atom is 0.0442 e. The standard InChI is InChI=1S/C5H10O2/c1-3-4(2)5(6)7/h4H,3H2,1-2H3,(H,6,7)/p-1/t4-/m0/s1. The van der Waals surface area contributed by atoms with Crippen LogP contribution in [0.25, 0.3) is 0 Å². The molecule has 42 valence electrons. The fourth-order valence-corrected chi connectivity index (χ4v) is 0.167. The van der Waals surface area contributed by atoms with Crippen LogP contribution >= 0.6 is 0 Å². The van der Waals surface area contributed by atoms with Gasteiger partial charge in [0.15, 0.2) is 0 Å². The van der Waals surface area contributed by atoms with E-state index in [0.717, 1.165) is 0 Å². The minimum atomic E-state index is -0.956. The molecule has 0 aromatic carbocycles. The molecule has 0 saturated heterocycles. The zero-order valence-electron chi connectivity index (χ0n) is 4.60. The summed E-state index contributed by atoms with van der Waals surface area (Å²) in [4.78, 5) is 9.82. The molecule has 0 spiro atoms. The molecule has 0 rings (SSSR count). The van der Waals surface area contributed by atoms with Crippen molar-refractivity contribution in [2.45, 2.75) is 20.3 Å². The Balaban J connectivity index is 3.34. The first kappa shape index (κ1) is 6.47. The van der Waals surface area contributed by atoms with Gasteiger partial charge >= 0.3 is 0 Å². The highest BCUT2D eigenvalue weighted by Gasteiger charge is 1.94. The smallest absolute Gasteiger partial charge is 0.0442 e.